The van der Waals surface area contributed by atoms with Crippen LogP contribution in [0.1, 0.15) is 18.9 Å². The van der Waals surface area contributed by atoms with Gasteiger partial charge in [-0.1, -0.05) is 30.4 Å². The van der Waals surface area contributed by atoms with Crippen LogP contribution in [0, 0.1) is 3.57 Å². The molecule has 0 aliphatic carbocycles. The van der Waals surface area contributed by atoms with Crippen LogP contribution in [0.5, 0.6) is 11.5 Å². The minimum Gasteiger partial charge on any atom is -0.493 e. The Hall–Kier alpha value is -2.13. The van der Waals surface area contributed by atoms with Gasteiger partial charge < -0.3 is 9.47 Å². The van der Waals surface area contributed by atoms with E-state index in [9.17, 15) is 4.79 Å². The van der Waals surface area contributed by atoms with E-state index in [0.29, 0.717) is 21.8 Å². The third-order valence-electron chi connectivity index (χ3n) is 4.15. The van der Waals surface area contributed by atoms with Crippen molar-refractivity contribution in [2.75, 3.05) is 13.7 Å². The van der Waals surface area contributed by atoms with E-state index in [0.717, 1.165) is 32.3 Å². The number of imidazole rings is 1. The summed E-state index contributed by atoms with van der Waals surface area (Å²) in [7, 11) is 1.62. The third kappa shape index (κ3) is 3.29. The normalized spacial score (nSPS) is 12.2. The van der Waals surface area contributed by atoms with Crippen LogP contribution in [0.2, 0.25) is 0 Å². The van der Waals surface area contributed by atoms with Crippen molar-refractivity contribution >= 4 is 56.0 Å². The number of aromatic nitrogens is 2. The van der Waals surface area contributed by atoms with Crippen molar-refractivity contribution in [1.29, 1.82) is 0 Å². The Bertz CT molecular complexity index is 1250. The zero-order valence-electron chi connectivity index (χ0n) is 14.9. The fourth-order valence-corrected chi connectivity index (χ4v) is 4.70. The van der Waals surface area contributed by atoms with Gasteiger partial charge in [-0.15, -0.1) is 0 Å². The lowest BCUT2D eigenvalue weighted by atomic mass is 10.2. The minimum absolute atomic E-state index is 0.0519. The maximum Gasteiger partial charge on any atom is 0.274 e. The lowest BCUT2D eigenvalue weighted by Gasteiger charge is -2.12. The average Bonchev–Trinajstić information content (AvgIpc) is 3.17. The number of rotatable bonds is 5. The average molecular weight is 492 g/mol. The molecule has 0 saturated carbocycles. The van der Waals surface area contributed by atoms with Crippen molar-refractivity contribution in [3.63, 3.8) is 0 Å². The van der Waals surface area contributed by atoms with Crippen molar-refractivity contribution in [3.05, 3.63) is 60.4 Å². The maximum absolute atomic E-state index is 12.9. The van der Waals surface area contributed by atoms with E-state index in [1.165, 1.54) is 11.3 Å². The van der Waals surface area contributed by atoms with Crippen LogP contribution in [-0.4, -0.2) is 23.1 Å². The first-order valence-electron chi connectivity index (χ1n) is 8.54. The van der Waals surface area contributed by atoms with Gasteiger partial charge in [-0.3, -0.25) is 4.79 Å². The van der Waals surface area contributed by atoms with Crippen LogP contribution >= 0.6 is 33.9 Å². The molecule has 0 atom stereocenters. The van der Waals surface area contributed by atoms with Crippen molar-refractivity contribution in [2.24, 2.45) is 0 Å². The Morgan fingerprint density at radius 1 is 1.30 bits per heavy atom. The Labute approximate surface area is 173 Å². The number of fused-ring (bicyclic) bond motifs is 3. The molecule has 0 aliphatic rings. The largest absolute Gasteiger partial charge is 0.493 e. The molecule has 4 rings (SSSR count). The SMILES string of the molecule is CCCOc1c(I)cc(/C=c2\sc3nc4ccccc4n3c2=O)cc1OC. The van der Waals surface area contributed by atoms with Crippen molar-refractivity contribution in [1.82, 2.24) is 9.38 Å². The van der Waals surface area contributed by atoms with Crippen molar-refractivity contribution in [2.45, 2.75) is 13.3 Å². The highest BCUT2D eigenvalue weighted by molar-refractivity contribution is 14.1. The smallest absolute Gasteiger partial charge is 0.274 e. The Kier molecular flexibility index (Phi) is 5.05. The molecule has 0 radical (unpaired) electrons. The molecule has 5 nitrogen and oxygen atoms in total. The Morgan fingerprint density at radius 2 is 2.11 bits per heavy atom. The summed E-state index contributed by atoms with van der Waals surface area (Å²) in [5.41, 5.74) is 2.51. The molecule has 0 amide bonds. The molecule has 0 saturated heterocycles. The number of thiazole rings is 1. The Balaban J connectivity index is 1.85. The van der Waals surface area contributed by atoms with Gasteiger partial charge in [0.15, 0.2) is 16.5 Å². The summed E-state index contributed by atoms with van der Waals surface area (Å²) in [5.74, 6) is 1.41. The predicted molar refractivity (Wildman–Crippen MR) is 117 cm³/mol. The van der Waals surface area contributed by atoms with Crippen LogP contribution in [0.4, 0.5) is 0 Å². The molecular formula is C20H17IN2O3S. The topological polar surface area (TPSA) is 52.8 Å². The number of halogens is 1. The van der Waals surface area contributed by atoms with Crippen LogP contribution < -0.4 is 19.6 Å². The highest BCUT2D eigenvalue weighted by Crippen LogP contribution is 2.34. The number of nitrogens with zero attached hydrogens (tertiary/aromatic N) is 2. The van der Waals surface area contributed by atoms with Gasteiger partial charge in [0, 0.05) is 0 Å². The van der Waals surface area contributed by atoms with Crippen LogP contribution in [-0.2, 0) is 0 Å². The number of para-hydroxylation sites is 2. The standard InChI is InChI=1S/C20H17IN2O3S/c1-3-8-26-18-13(21)9-12(10-16(18)25-2)11-17-19(24)23-15-7-5-4-6-14(15)22-20(23)27-17/h4-7,9-11H,3,8H2,1-2H3/b17-11-. The zero-order valence-corrected chi connectivity index (χ0v) is 17.8. The molecule has 0 bridgehead atoms. The van der Waals surface area contributed by atoms with Gasteiger partial charge in [0.2, 0.25) is 0 Å². The molecule has 27 heavy (non-hydrogen) atoms. The van der Waals surface area contributed by atoms with Gasteiger partial charge in [0.05, 0.1) is 32.9 Å². The number of benzene rings is 2. The summed E-state index contributed by atoms with van der Waals surface area (Å²) < 4.78 is 14.6. The third-order valence-corrected chi connectivity index (χ3v) is 5.92. The van der Waals surface area contributed by atoms with E-state index >= 15 is 0 Å². The first-order chi connectivity index (χ1) is 13.1. The molecule has 2 aromatic carbocycles. The van der Waals surface area contributed by atoms with E-state index in [4.69, 9.17) is 9.47 Å². The molecule has 0 spiro atoms. The molecular weight excluding hydrogens is 475 g/mol. The molecule has 0 aliphatic heterocycles. The first-order valence-corrected chi connectivity index (χ1v) is 10.4. The van der Waals surface area contributed by atoms with Crippen molar-refractivity contribution in [3.8, 4) is 11.5 Å². The summed E-state index contributed by atoms with van der Waals surface area (Å²) in [6.07, 6.45) is 2.81. The first kappa shape index (κ1) is 18.2. The lowest BCUT2D eigenvalue weighted by Crippen LogP contribution is -2.22. The molecule has 0 N–H and O–H groups in total. The van der Waals surface area contributed by atoms with E-state index in [2.05, 4.69) is 34.5 Å². The molecule has 2 heterocycles. The fourth-order valence-electron chi connectivity index (χ4n) is 2.93. The molecule has 7 heteroatoms. The van der Waals surface area contributed by atoms with E-state index in [1.807, 2.05) is 42.5 Å². The van der Waals surface area contributed by atoms with Crippen LogP contribution in [0.15, 0.2) is 41.2 Å². The predicted octanol–water partition coefficient (Wildman–Crippen LogP) is 3.86. The summed E-state index contributed by atoms with van der Waals surface area (Å²) in [5, 5.41) is 0. The highest BCUT2D eigenvalue weighted by Gasteiger charge is 2.13. The number of methoxy groups -OCH3 is 1. The summed E-state index contributed by atoms with van der Waals surface area (Å²) >= 11 is 3.62. The summed E-state index contributed by atoms with van der Waals surface area (Å²) in [6, 6.07) is 11.6. The summed E-state index contributed by atoms with van der Waals surface area (Å²) in [6.45, 7) is 2.70. The Morgan fingerprint density at radius 3 is 2.89 bits per heavy atom. The van der Waals surface area contributed by atoms with E-state index in [-0.39, 0.29) is 5.56 Å². The van der Waals surface area contributed by atoms with Gasteiger partial charge in [-0.2, -0.15) is 0 Å². The molecule has 0 unspecified atom stereocenters. The summed E-state index contributed by atoms with van der Waals surface area (Å²) in [4.78, 5) is 18.2. The number of hydrogen-bond donors (Lipinski definition) is 0. The van der Waals surface area contributed by atoms with Gasteiger partial charge >= 0.3 is 0 Å². The molecule has 138 valence electrons. The van der Waals surface area contributed by atoms with Gasteiger partial charge in [-0.25, -0.2) is 9.38 Å². The molecule has 0 fully saturated rings. The van der Waals surface area contributed by atoms with Gasteiger partial charge in [0.25, 0.3) is 5.56 Å². The second kappa shape index (κ2) is 7.47. The van der Waals surface area contributed by atoms with E-state index < -0.39 is 0 Å². The second-order valence-corrected chi connectivity index (χ2v) is 8.19. The van der Waals surface area contributed by atoms with Gasteiger partial charge in [0.1, 0.15) is 0 Å². The van der Waals surface area contributed by atoms with Crippen LogP contribution in [0.3, 0.4) is 0 Å². The molecule has 4 aromatic rings. The van der Waals surface area contributed by atoms with E-state index in [1.54, 1.807) is 11.5 Å². The molecule has 2 aromatic heterocycles. The fraction of sp³-hybridized carbons (Fsp3) is 0.200. The maximum atomic E-state index is 12.9. The lowest BCUT2D eigenvalue weighted by molar-refractivity contribution is 0.292. The monoisotopic (exact) mass is 492 g/mol. The highest BCUT2D eigenvalue weighted by atomic mass is 127. The van der Waals surface area contributed by atoms with Crippen LogP contribution in [0.25, 0.3) is 22.1 Å². The second-order valence-electron chi connectivity index (χ2n) is 6.02. The quantitative estimate of drug-likeness (QED) is 0.398. The minimum atomic E-state index is -0.0519. The number of hydrogen-bond acceptors (Lipinski definition) is 5. The zero-order chi connectivity index (χ0) is 19.0. The van der Waals surface area contributed by atoms with Gasteiger partial charge in [-0.05, 0) is 64.9 Å². The van der Waals surface area contributed by atoms with Crippen molar-refractivity contribution < 1.29 is 9.47 Å². The number of ether oxygens (including phenoxy) is 2.